The molecule has 2 aromatic carbocycles. The summed E-state index contributed by atoms with van der Waals surface area (Å²) in [6, 6.07) is 2.97. The lowest BCUT2D eigenvalue weighted by Gasteiger charge is -2.12. The Bertz CT molecular complexity index is 901. The lowest BCUT2D eigenvalue weighted by atomic mass is 10.3. The molecule has 0 aliphatic rings. The van der Waals surface area contributed by atoms with E-state index in [1.54, 1.807) is 0 Å². The number of methoxy groups -OCH3 is 2. The Morgan fingerprint density at radius 2 is 1.24 bits per heavy atom. The van der Waals surface area contributed by atoms with Crippen LogP contribution in [0.4, 0.5) is 22.0 Å². The fourth-order valence-corrected chi connectivity index (χ4v) is 2.74. The molecular weight excluding hydrogens is 375 g/mol. The van der Waals surface area contributed by atoms with Crippen molar-refractivity contribution in [3.05, 3.63) is 47.3 Å². The highest BCUT2D eigenvalue weighted by atomic mass is 32.2. The highest BCUT2D eigenvalue weighted by molar-refractivity contribution is 7.87. The minimum atomic E-state index is -4.93. The van der Waals surface area contributed by atoms with Crippen LogP contribution in [0, 0.1) is 29.1 Å². The molecule has 2 rings (SSSR count). The van der Waals surface area contributed by atoms with Gasteiger partial charge in [-0.3, -0.25) is 0 Å². The summed E-state index contributed by atoms with van der Waals surface area (Å²) < 4.78 is 104. The summed E-state index contributed by atoms with van der Waals surface area (Å²) in [5.74, 6) is -13.8. The lowest BCUT2D eigenvalue weighted by molar-refractivity contribution is 0.345. The predicted octanol–water partition coefficient (Wildman–Crippen LogP) is 3.17. The van der Waals surface area contributed by atoms with Gasteiger partial charge >= 0.3 is 10.1 Å². The highest BCUT2D eigenvalue weighted by Crippen LogP contribution is 2.33. The van der Waals surface area contributed by atoms with Gasteiger partial charge in [-0.15, -0.1) is 0 Å². The number of benzene rings is 2. The van der Waals surface area contributed by atoms with Crippen molar-refractivity contribution < 1.29 is 44.0 Å². The van der Waals surface area contributed by atoms with Crippen LogP contribution in [0.25, 0.3) is 0 Å². The summed E-state index contributed by atoms with van der Waals surface area (Å²) in [6.07, 6.45) is 0. The van der Waals surface area contributed by atoms with Crippen molar-refractivity contribution in [1.82, 2.24) is 0 Å². The molecule has 0 saturated heterocycles. The van der Waals surface area contributed by atoms with Crippen molar-refractivity contribution >= 4 is 10.1 Å². The molecule has 0 N–H and O–H groups in total. The zero-order valence-corrected chi connectivity index (χ0v) is 13.4. The van der Waals surface area contributed by atoms with Crippen LogP contribution in [0.5, 0.6) is 17.2 Å². The van der Waals surface area contributed by atoms with E-state index in [1.807, 2.05) is 0 Å². The summed E-state index contributed by atoms with van der Waals surface area (Å²) in [4.78, 5) is -0.658. The average molecular weight is 384 g/mol. The predicted molar refractivity (Wildman–Crippen MR) is 73.6 cm³/mol. The molecule has 0 aliphatic carbocycles. The lowest BCUT2D eigenvalue weighted by Crippen LogP contribution is -2.14. The van der Waals surface area contributed by atoms with Crippen LogP contribution in [0.3, 0.4) is 0 Å². The van der Waals surface area contributed by atoms with E-state index in [2.05, 4.69) is 4.18 Å². The van der Waals surface area contributed by atoms with Gasteiger partial charge < -0.3 is 13.7 Å². The van der Waals surface area contributed by atoms with Gasteiger partial charge in [0.2, 0.25) is 34.8 Å². The topological polar surface area (TPSA) is 61.8 Å². The zero-order valence-electron chi connectivity index (χ0n) is 12.6. The van der Waals surface area contributed by atoms with Crippen LogP contribution in [0.15, 0.2) is 23.1 Å². The van der Waals surface area contributed by atoms with Crippen LogP contribution >= 0.6 is 0 Å². The fraction of sp³-hybridized carbons (Fsp3) is 0.143. The third-order valence-corrected chi connectivity index (χ3v) is 4.22. The Hall–Kier alpha value is -2.56. The molecular formula is C14H9F5O5S. The molecule has 25 heavy (non-hydrogen) atoms. The second-order valence-electron chi connectivity index (χ2n) is 4.45. The van der Waals surface area contributed by atoms with Gasteiger partial charge in [-0.05, 0) is 12.1 Å². The van der Waals surface area contributed by atoms with Crippen LogP contribution < -0.4 is 13.7 Å². The van der Waals surface area contributed by atoms with Gasteiger partial charge in [-0.2, -0.15) is 17.2 Å². The Morgan fingerprint density at radius 1 is 0.760 bits per heavy atom. The molecule has 11 heteroatoms. The second-order valence-corrected chi connectivity index (χ2v) is 6.00. The zero-order chi connectivity index (χ0) is 18.9. The molecule has 136 valence electrons. The van der Waals surface area contributed by atoms with Crippen LogP contribution in [-0.4, -0.2) is 22.6 Å². The second kappa shape index (κ2) is 6.75. The van der Waals surface area contributed by atoms with Crippen LogP contribution in [-0.2, 0) is 10.1 Å². The Kier molecular flexibility index (Phi) is 5.07. The molecule has 0 heterocycles. The number of hydrogen-bond acceptors (Lipinski definition) is 5. The number of hydrogen-bond donors (Lipinski definition) is 0. The molecule has 0 atom stereocenters. The van der Waals surface area contributed by atoms with E-state index < -0.39 is 49.8 Å². The number of ether oxygens (including phenoxy) is 2. The van der Waals surface area contributed by atoms with Gasteiger partial charge in [0.05, 0.1) is 14.2 Å². The molecule has 0 fully saturated rings. The normalized spacial score (nSPS) is 11.3. The van der Waals surface area contributed by atoms with Crippen molar-refractivity contribution in [2.75, 3.05) is 14.2 Å². The highest BCUT2D eigenvalue weighted by Gasteiger charge is 2.31. The maximum atomic E-state index is 13.6. The van der Waals surface area contributed by atoms with Crippen molar-refractivity contribution in [3.63, 3.8) is 0 Å². The summed E-state index contributed by atoms with van der Waals surface area (Å²) >= 11 is 0. The first kappa shape index (κ1) is 18.8. The Labute approximate surface area is 138 Å². The Morgan fingerprint density at radius 3 is 1.72 bits per heavy atom. The molecule has 0 unspecified atom stereocenters. The van der Waals surface area contributed by atoms with Gasteiger partial charge in [0.1, 0.15) is 4.90 Å². The fourth-order valence-electron chi connectivity index (χ4n) is 1.79. The molecule has 2 aromatic rings. The molecule has 0 aliphatic heterocycles. The van der Waals surface area contributed by atoms with E-state index in [-0.39, 0.29) is 11.5 Å². The van der Waals surface area contributed by atoms with Gasteiger partial charge in [-0.1, -0.05) is 0 Å². The van der Waals surface area contributed by atoms with E-state index in [0.717, 1.165) is 18.2 Å². The van der Waals surface area contributed by atoms with Crippen molar-refractivity contribution in [2.24, 2.45) is 0 Å². The average Bonchev–Trinajstić information content (AvgIpc) is 2.61. The minimum Gasteiger partial charge on any atom is -0.493 e. The molecule has 0 radical (unpaired) electrons. The molecule has 5 nitrogen and oxygen atoms in total. The van der Waals surface area contributed by atoms with Crippen molar-refractivity contribution in [3.8, 4) is 17.2 Å². The molecule has 0 amide bonds. The molecule has 0 saturated carbocycles. The largest absolute Gasteiger partial charge is 0.493 e. The maximum absolute atomic E-state index is 13.6. The van der Waals surface area contributed by atoms with E-state index in [9.17, 15) is 30.4 Å². The summed E-state index contributed by atoms with van der Waals surface area (Å²) in [5.41, 5.74) is 0. The van der Waals surface area contributed by atoms with Gasteiger partial charge in [0.25, 0.3) is 0 Å². The Balaban J connectivity index is 2.54. The monoisotopic (exact) mass is 384 g/mol. The molecule has 0 spiro atoms. The van der Waals surface area contributed by atoms with E-state index in [1.165, 1.54) is 14.2 Å². The smallest absolute Gasteiger partial charge is 0.339 e. The number of rotatable bonds is 5. The van der Waals surface area contributed by atoms with Gasteiger partial charge in [-0.25, -0.2) is 13.2 Å². The quantitative estimate of drug-likeness (QED) is 0.343. The van der Waals surface area contributed by atoms with Crippen LogP contribution in [0.2, 0.25) is 0 Å². The standard InChI is InChI=1S/C14H9F5O5S/c1-22-7-4-3-6(5-8(7)23-2)25(20,21)24-14-12(18)10(16)9(15)11(17)13(14)19/h3-5H,1-2H3. The van der Waals surface area contributed by atoms with Crippen molar-refractivity contribution in [2.45, 2.75) is 4.90 Å². The first-order chi connectivity index (χ1) is 11.6. The van der Waals surface area contributed by atoms with E-state index in [4.69, 9.17) is 9.47 Å². The third-order valence-electron chi connectivity index (χ3n) is 3.01. The summed E-state index contributed by atoms with van der Waals surface area (Å²) in [7, 11) is -2.46. The maximum Gasteiger partial charge on any atom is 0.339 e. The van der Waals surface area contributed by atoms with Crippen molar-refractivity contribution in [1.29, 1.82) is 0 Å². The van der Waals surface area contributed by atoms with Crippen LogP contribution in [0.1, 0.15) is 0 Å². The first-order valence-electron chi connectivity index (χ1n) is 6.32. The summed E-state index contributed by atoms with van der Waals surface area (Å²) in [5, 5.41) is 0. The third kappa shape index (κ3) is 3.31. The minimum absolute atomic E-state index is 0.0652. The van der Waals surface area contributed by atoms with E-state index in [0.29, 0.717) is 0 Å². The van der Waals surface area contributed by atoms with Gasteiger partial charge in [0, 0.05) is 6.07 Å². The SMILES string of the molecule is COc1ccc(S(=O)(=O)Oc2c(F)c(F)c(F)c(F)c2F)cc1OC. The van der Waals surface area contributed by atoms with E-state index >= 15 is 0 Å². The number of halogens is 5. The first-order valence-corrected chi connectivity index (χ1v) is 7.72. The van der Waals surface area contributed by atoms with Gasteiger partial charge in [0.15, 0.2) is 11.5 Å². The molecule has 0 bridgehead atoms. The summed E-state index contributed by atoms with van der Waals surface area (Å²) in [6.45, 7) is 0. The molecule has 0 aromatic heterocycles.